The fraction of sp³-hybridized carbons (Fsp3) is 0.519. The number of hydrogen-bond donors (Lipinski definition) is 0. The van der Waals surface area contributed by atoms with E-state index in [4.69, 9.17) is 9.47 Å². The van der Waals surface area contributed by atoms with Crippen molar-refractivity contribution in [3.05, 3.63) is 65.2 Å². The number of fused-ring (bicyclic) bond motifs is 2. The van der Waals surface area contributed by atoms with Crippen molar-refractivity contribution in [1.29, 1.82) is 0 Å². The van der Waals surface area contributed by atoms with Crippen LogP contribution in [-0.4, -0.2) is 36.7 Å². The summed E-state index contributed by atoms with van der Waals surface area (Å²) in [6.07, 6.45) is 2.88. The van der Waals surface area contributed by atoms with E-state index in [1.54, 1.807) is 7.11 Å². The van der Waals surface area contributed by atoms with Gasteiger partial charge in [0.25, 0.3) is 0 Å². The monoisotopic (exact) mass is 419 g/mol. The highest BCUT2D eigenvalue weighted by molar-refractivity contribution is 5.74. The van der Waals surface area contributed by atoms with Crippen molar-refractivity contribution < 1.29 is 14.3 Å². The summed E-state index contributed by atoms with van der Waals surface area (Å²) in [6, 6.07) is 17.9. The first kappa shape index (κ1) is 20.6. The molecular weight excluding hydrogens is 386 g/mol. The van der Waals surface area contributed by atoms with Crippen molar-refractivity contribution in [2.45, 2.75) is 64.1 Å². The predicted octanol–water partition coefficient (Wildman–Crippen LogP) is 4.74. The largest absolute Gasteiger partial charge is 0.497 e. The molecule has 0 aromatic heterocycles. The van der Waals surface area contributed by atoms with Crippen molar-refractivity contribution in [3.8, 4) is 5.75 Å². The van der Waals surface area contributed by atoms with E-state index in [1.807, 2.05) is 6.92 Å². The van der Waals surface area contributed by atoms with Gasteiger partial charge in [-0.25, -0.2) is 0 Å². The maximum atomic E-state index is 13.0. The molecule has 0 N–H and O–H groups in total. The molecule has 2 aromatic carbocycles. The zero-order chi connectivity index (χ0) is 21.8. The van der Waals surface area contributed by atoms with Crippen LogP contribution < -0.4 is 4.74 Å². The van der Waals surface area contributed by atoms with Crippen LogP contribution in [0.3, 0.4) is 0 Å². The van der Waals surface area contributed by atoms with Gasteiger partial charge in [-0.05, 0) is 60.4 Å². The Labute approximate surface area is 185 Å². The van der Waals surface area contributed by atoms with E-state index < -0.39 is 0 Å². The Morgan fingerprint density at radius 2 is 1.90 bits per heavy atom. The number of nitrogens with zero attached hydrogens (tertiary/aromatic N) is 1. The van der Waals surface area contributed by atoms with E-state index >= 15 is 0 Å². The van der Waals surface area contributed by atoms with E-state index in [9.17, 15) is 4.79 Å². The molecule has 0 spiro atoms. The first-order chi connectivity index (χ1) is 14.9. The molecule has 0 amide bonds. The number of ether oxygens (including phenoxy) is 2. The third kappa shape index (κ3) is 2.95. The predicted molar refractivity (Wildman–Crippen MR) is 121 cm³/mol. The molecule has 0 radical (unpaired) electrons. The van der Waals surface area contributed by atoms with Crippen LogP contribution in [0.5, 0.6) is 5.75 Å². The number of methoxy groups -OCH3 is 1. The number of piperidine rings is 2. The van der Waals surface area contributed by atoms with Gasteiger partial charge in [0.1, 0.15) is 5.75 Å². The second-order valence-corrected chi connectivity index (χ2v) is 9.98. The lowest BCUT2D eigenvalue weighted by Gasteiger charge is -2.70. The number of carbonyl (C=O) groups excluding carboxylic acids is 1. The van der Waals surface area contributed by atoms with E-state index in [2.05, 4.69) is 67.3 Å². The Kier molecular flexibility index (Phi) is 4.89. The molecule has 5 atom stereocenters. The number of carbonyl (C=O) groups is 1. The molecule has 6 rings (SSSR count). The summed E-state index contributed by atoms with van der Waals surface area (Å²) in [4.78, 5) is 15.7. The quantitative estimate of drug-likeness (QED) is 0.656. The topological polar surface area (TPSA) is 38.8 Å². The second-order valence-electron chi connectivity index (χ2n) is 9.98. The summed E-state index contributed by atoms with van der Waals surface area (Å²) in [5, 5.41) is 0. The SMILES string of the molecule is CCOC(=O)C1CC2(C)C3Cc4ccc(OC)cc4C2(C)CC1N3Cc1ccccc1. The van der Waals surface area contributed by atoms with Crippen LogP contribution in [0.2, 0.25) is 0 Å². The third-order valence-electron chi connectivity index (χ3n) is 8.67. The van der Waals surface area contributed by atoms with E-state index in [0.717, 1.165) is 31.6 Å². The molecule has 2 aliphatic carbocycles. The molecule has 2 aliphatic heterocycles. The molecule has 164 valence electrons. The minimum Gasteiger partial charge on any atom is -0.497 e. The summed E-state index contributed by atoms with van der Waals surface area (Å²) in [5.41, 5.74) is 4.16. The molecule has 2 saturated heterocycles. The third-order valence-corrected chi connectivity index (χ3v) is 8.67. The highest BCUT2D eigenvalue weighted by Crippen LogP contribution is 2.65. The molecule has 5 unspecified atom stereocenters. The van der Waals surface area contributed by atoms with Crippen molar-refractivity contribution in [3.63, 3.8) is 0 Å². The molecule has 4 aliphatic rings. The first-order valence-electron chi connectivity index (χ1n) is 11.5. The number of rotatable bonds is 5. The van der Waals surface area contributed by atoms with Gasteiger partial charge in [-0.15, -0.1) is 0 Å². The zero-order valence-corrected chi connectivity index (χ0v) is 19.1. The lowest BCUT2D eigenvalue weighted by atomic mass is 9.42. The average Bonchev–Trinajstić information content (AvgIpc) is 2.77. The molecule has 2 aromatic rings. The Balaban J connectivity index is 1.61. The molecular formula is C27H33NO3. The minimum absolute atomic E-state index is 0.00662. The second kappa shape index (κ2) is 7.37. The average molecular weight is 420 g/mol. The van der Waals surface area contributed by atoms with Gasteiger partial charge in [0.2, 0.25) is 0 Å². The van der Waals surface area contributed by atoms with Crippen LogP contribution in [0.4, 0.5) is 0 Å². The lowest BCUT2D eigenvalue weighted by Crippen LogP contribution is -2.74. The van der Waals surface area contributed by atoms with E-state index in [0.29, 0.717) is 12.6 Å². The molecule has 3 fully saturated rings. The van der Waals surface area contributed by atoms with Gasteiger partial charge in [-0.2, -0.15) is 0 Å². The smallest absolute Gasteiger partial charge is 0.310 e. The summed E-state index contributed by atoms with van der Waals surface area (Å²) in [6.45, 7) is 8.06. The summed E-state index contributed by atoms with van der Waals surface area (Å²) in [7, 11) is 1.74. The van der Waals surface area contributed by atoms with Gasteiger partial charge < -0.3 is 9.47 Å². The van der Waals surface area contributed by atoms with Crippen LogP contribution in [0.1, 0.15) is 50.3 Å². The van der Waals surface area contributed by atoms with Crippen LogP contribution in [0.25, 0.3) is 0 Å². The Bertz CT molecular complexity index is 989. The normalized spacial score (nSPS) is 33.6. The molecule has 2 heterocycles. The van der Waals surface area contributed by atoms with Crippen LogP contribution in [0.15, 0.2) is 48.5 Å². The Morgan fingerprint density at radius 1 is 1.13 bits per heavy atom. The fourth-order valence-electron chi connectivity index (χ4n) is 6.92. The first-order valence-corrected chi connectivity index (χ1v) is 11.5. The molecule has 4 heteroatoms. The van der Waals surface area contributed by atoms with Gasteiger partial charge in [-0.1, -0.05) is 50.2 Å². The zero-order valence-electron chi connectivity index (χ0n) is 19.1. The minimum atomic E-state index is -0.0647. The number of esters is 1. The van der Waals surface area contributed by atoms with Gasteiger partial charge in [0.05, 0.1) is 19.6 Å². The van der Waals surface area contributed by atoms with Crippen LogP contribution >= 0.6 is 0 Å². The fourth-order valence-corrected chi connectivity index (χ4v) is 6.92. The van der Waals surface area contributed by atoms with E-state index in [1.165, 1.54) is 16.7 Å². The summed E-state index contributed by atoms with van der Waals surface area (Å²) in [5.74, 6) is 0.834. The standard InChI is InChI=1S/C27H33NO3/c1-5-31-25(29)21-15-27(3)24-13-19-11-12-20(30-4)14-22(19)26(27,2)16-23(21)28(24)17-18-9-7-6-8-10-18/h6-12,14,21,23-24H,5,13,15-17H2,1-4H3. The van der Waals surface area contributed by atoms with Gasteiger partial charge in [0.15, 0.2) is 0 Å². The number of benzene rings is 2. The number of hydrogen-bond acceptors (Lipinski definition) is 4. The van der Waals surface area contributed by atoms with Crippen LogP contribution in [-0.2, 0) is 27.9 Å². The van der Waals surface area contributed by atoms with E-state index in [-0.39, 0.29) is 28.8 Å². The molecule has 31 heavy (non-hydrogen) atoms. The Morgan fingerprint density at radius 3 is 2.61 bits per heavy atom. The van der Waals surface area contributed by atoms with Crippen molar-refractivity contribution >= 4 is 5.97 Å². The highest BCUT2D eigenvalue weighted by Gasteiger charge is 2.67. The molecule has 4 nitrogen and oxygen atoms in total. The highest BCUT2D eigenvalue weighted by atomic mass is 16.5. The van der Waals surface area contributed by atoms with Crippen LogP contribution in [0, 0.1) is 11.3 Å². The molecule has 4 bridgehead atoms. The van der Waals surface area contributed by atoms with Crippen molar-refractivity contribution in [2.24, 2.45) is 11.3 Å². The van der Waals surface area contributed by atoms with Crippen molar-refractivity contribution in [2.75, 3.05) is 13.7 Å². The Hall–Kier alpha value is -2.33. The summed E-state index contributed by atoms with van der Waals surface area (Å²) < 4.78 is 11.1. The lowest BCUT2D eigenvalue weighted by molar-refractivity contribution is -0.187. The van der Waals surface area contributed by atoms with Crippen molar-refractivity contribution in [1.82, 2.24) is 4.90 Å². The maximum Gasteiger partial charge on any atom is 0.310 e. The molecule has 1 saturated carbocycles. The summed E-state index contributed by atoms with van der Waals surface area (Å²) >= 11 is 0. The van der Waals surface area contributed by atoms with Gasteiger partial charge in [0, 0.05) is 24.0 Å². The van der Waals surface area contributed by atoms with Gasteiger partial charge in [-0.3, -0.25) is 9.69 Å². The maximum absolute atomic E-state index is 13.0. The van der Waals surface area contributed by atoms with Gasteiger partial charge >= 0.3 is 5.97 Å².